The first-order valence-corrected chi connectivity index (χ1v) is 12.6. The number of carbonyl (C=O) groups excluding carboxylic acids is 1. The summed E-state index contributed by atoms with van der Waals surface area (Å²) < 4.78 is 34.8. The molecule has 2 aromatic carbocycles. The number of carbonyl (C=O) groups is 1. The van der Waals surface area contributed by atoms with Gasteiger partial charge in [0.15, 0.2) is 0 Å². The average molecular weight is 506 g/mol. The number of amides is 1. The van der Waals surface area contributed by atoms with Gasteiger partial charge in [0.25, 0.3) is 15.9 Å². The Labute approximate surface area is 210 Å². The van der Waals surface area contributed by atoms with Gasteiger partial charge < -0.3 is 10.5 Å². The Hall–Kier alpha value is -4.18. The summed E-state index contributed by atoms with van der Waals surface area (Å²) in [5.74, 6) is -0.481. The average Bonchev–Trinajstić information content (AvgIpc) is 3.25. The lowest BCUT2D eigenvalue weighted by Gasteiger charge is -2.14. The topological polar surface area (TPSA) is 129 Å². The van der Waals surface area contributed by atoms with Crippen molar-refractivity contribution < 1.29 is 17.9 Å². The molecule has 2 aromatic heterocycles. The Kier molecular flexibility index (Phi) is 6.80. The van der Waals surface area contributed by atoms with Gasteiger partial charge in [0.05, 0.1) is 29.8 Å². The van der Waals surface area contributed by atoms with Crippen molar-refractivity contribution >= 4 is 21.6 Å². The van der Waals surface area contributed by atoms with Gasteiger partial charge in [-0.2, -0.15) is 5.10 Å². The van der Waals surface area contributed by atoms with Gasteiger partial charge in [-0.05, 0) is 73.9 Å². The van der Waals surface area contributed by atoms with E-state index in [2.05, 4.69) is 26.9 Å². The molecule has 2 heterocycles. The molecule has 0 unspecified atom stereocenters. The van der Waals surface area contributed by atoms with Crippen LogP contribution >= 0.6 is 0 Å². The number of ether oxygens (including phenoxy) is 1. The third kappa shape index (κ3) is 5.08. The standard InChI is InChI=1S/C26H27N5O4S/c1-16-11-17(2)22(18(3)12-16)15-31-24(14-23(29-31)21-9-6-10-28-26(21)35-4)25(32)30-36(33,34)20-8-5-7-19(27)13-20/h5-14H,15,27H2,1-4H3,(H,30,32). The van der Waals surface area contributed by atoms with Crippen LogP contribution in [0.4, 0.5) is 5.69 Å². The zero-order valence-corrected chi connectivity index (χ0v) is 21.3. The number of hydrogen-bond acceptors (Lipinski definition) is 7. The molecule has 0 radical (unpaired) electrons. The van der Waals surface area contributed by atoms with Gasteiger partial charge in [0.2, 0.25) is 5.88 Å². The summed E-state index contributed by atoms with van der Waals surface area (Å²) in [6, 6.07) is 14.9. The third-order valence-corrected chi connectivity index (χ3v) is 7.13. The number of pyridine rings is 1. The number of anilines is 1. The highest BCUT2D eigenvalue weighted by Crippen LogP contribution is 2.28. The Morgan fingerprint density at radius 2 is 1.78 bits per heavy atom. The third-order valence-electron chi connectivity index (χ3n) is 5.80. The molecule has 0 aliphatic heterocycles. The molecule has 4 aromatic rings. The summed E-state index contributed by atoms with van der Waals surface area (Å²) >= 11 is 0. The van der Waals surface area contributed by atoms with E-state index in [1.165, 1.54) is 36.1 Å². The van der Waals surface area contributed by atoms with Crippen molar-refractivity contribution in [2.24, 2.45) is 0 Å². The highest BCUT2D eigenvalue weighted by atomic mass is 32.2. The fraction of sp³-hybridized carbons (Fsp3) is 0.192. The number of nitrogens with zero attached hydrogens (tertiary/aromatic N) is 3. The van der Waals surface area contributed by atoms with E-state index < -0.39 is 15.9 Å². The first kappa shape index (κ1) is 24.9. The molecule has 0 aliphatic rings. The number of nitrogens with two attached hydrogens (primary N) is 1. The smallest absolute Gasteiger partial charge is 0.283 e. The summed E-state index contributed by atoms with van der Waals surface area (Å²) in [4.78, 5) is 17.4. The van der Waals surface area contributed by atoms with Gasteiger partial charge in [0.1, 0.15) is 5.69 Å². The Morgan fingerprint density at radius 1 is 1.06 bits per heavy atom. The highest BCUT2D eigenvalue weighted by Gasteiger charge is 2.24. The molecule has 0 aliphatic carbocycles. The van der Waals surface area contributed by atoms with Crippen LogP contribution in [0.3, 0.4) is 0 Å². The van der Waals surface area contributed by atoms with Gasteiger partial charge in [-0.25, -0.2) is 18.1 Å². The van der Waals surface area contributed by atoms with E-state index in [0.717, 1.165) is 22.3 Å². The van der Waals surface area contributed by atoms with Gasteiger partial charge >= 0.3 is 0 Å². The first-order valence-electron chi connectivity index (χ1n) is 11.2. The minimum atomic E-state index is -4.17. The summed E-state index contributed by atoms with van der Waals surface area (Å²) in [5.41, 5.74) is 11.3. The molecule has 0 saturated carbocycles. The minimum Gasteiger partial charge on any atom is -0.481 e. The molecular formula is C26H27N5O4S. The van der Waals surface area contributed by atoms with E-state index in [1.807, 2.05) is 20.8 Å². The van der Waals surface area contributed by atoms with Crippen molar-refractivity contribution in [3.05, 3.63) is 88.7 Å². The van der Waals surface area contributed by atoms with Crippen LogP contribution in [0.2, 0.25) is 0 Å². The van der Waals surface area contributed by atoms with E-state index >= 15 is 0 Å². The maximum atomic E-state index is 13.3. The molecule has 9 nitrogen and oxygen atoms in total. The van der Waals surface area contributed by atoms with Crippen molar-refractivity contribution in [1.29, 1.82) is 0 Å². The zero-order chi connectivity index (χ0) is 26.0. The van der Waals surface area contributed by atoms with E-state index in [-0.39, 0.29) is 22.8 Å². The number of benzene rings is 2. The van der Waals surface area contributed by atoms with Gasteiger partial charge in [-0.15, -0.1) is 0 Å². The fourth-order valence-corrected chi connectivity index (χ4v) is 5.14. The predicted molar refractivity (Wildman–Crippen MR) is 137 cm³/mol. The van der Waals surface area contributed by atoms with Crippen LogP contribution in [0.15, 0.2) is 65.7 Å². The summed E-state index contributed by atoms with van der Waals surface area (Å²) in [5, 5.41) is 4.65. The number of nitrogens with one attached hydrogen (secondary N) is 1. The van der Waals surface area contributed by atoms with Crippen LogP contribution in [0.5, 0.6) is 5.88 Å². The summed E-state index contributed by atoms with van der Waals surface area (Å²) in [7, 11) is -2.67. The largest absolute Gasteiger partial charge is 0.481 e. The van der Waals surface area contributed by atoms with Gasteiger partial charge in [-0.3, -0.25) is 9.48 Å². The fourth-order valence-electron chi connectivity index (χ4n) is 4.12. The second-order valence-corrected chi connectivity index (χ2v) is 10.2. The van der Waals surface area contributed by atoms with Crippen LogP contribution in [-0.2, 0) is 16.6 Å². The minimum absolute atomic E-state index is 0.0720. The molecule has 1 amide bonds. The van der Waals surface area contributed by atoms with E-state index in [0.29, 0.717) is 17.1 Å². The molecular weight excluding hydrogens is 478 g/mol. The van der Waals surface area contributed by atoms with Gasteiger partial charge in [0, 0.05) is 11.9 Å². The lowest BCUT2D eigenvalue weighted by atomic mass is 10.00. The van der Waals surface area contributed by atoms with Crippen LogP contribution in [0, 0.1) is 20.8 Å². The SMILES string of the molecule is COc1ncccc1-c1cc(C(=O)NS(=O)(=O)c2cccc(N)c2)n(Cc2c(C)cc(C)cc2C)n1. The number of rotatable bonds is 7. The van der Waals surface area contributed by atoms with Crippen molar-refractivity contribution in [2.75, 3.05) is 12.8 Å². The van der Waals surface area contributed by atoms with Crippen molar-refractivity contribution in [1.82, 2.24) is 19.5 Å². The lowest BCUT2D eigenvalue weighted by molar-refractivity contribution is 0.0971. The van der Waals surface area contributed by atoms with E-state index in [4.69, 9.17) is 10.5 Å². The second kappa shape index (κ2) is 9.82. The maximum absolute atomic E-state index is 13.3. The number of nitrogen functional groups attached to an aromatic ring is 1. The normalized spacial score (nSPS) is 11.3. The number of hydrogen-bond donors (Lipinski definition) is 2. The summed E-state index contributed by atoms with van der Waals surface area (Å²) in [6.07, 6.45) is 1.59. The van der Waals surface area contributed by atoms with Crippen LogP contribution in [0.25, 0.3) is 11.3 Å². The Balaban J connectivity index is 1.79. The van der Waals surface area contributed by atoms with Crippen molar-refractivity contribution in [2.45, 2.75) is 32.2 Å². The van der Waals surface area contributed by atoms with E-state index in [1.54, 1.807) is 24.4 Å². The Bertz CT molecular complexity index is 1540. The monoisotopic (exact) mass is 505 g/mol. The second-order valence-electron chi connectivity index (χ2n) is 8.52. The molecule has 10 heteroatoms. The molecule has 0 fully saturated rings. The van der Waals surface area contributed by atoms with E-state index in [9.17, 15) is 13.2 Å². The molecule has 0 atom stereocenters. The van der Waals surface area contributed by atoms with Crippen LogP contribution < -0.4 is 15.2 Å². The van der Waals surface area contributed by atoms with Gasteiger partial charge in [-0.1, -0.05) is 23.8 Å². The molecule has 186 valence electrons. The predicted octanol–water partition coefficient (Wildman–Crippen LogP) is 3.63. The molecule has 0 bridgehead atoms. The first-order chi connectivity index (χ1) is 17.1. The number of methoxy groups -OCH3 is 1. The highest BCUT2D eigenvalue weighted by molar-refractivity contribution is 7.90. The molecule has 3 N–H and O–H groups in total. The molecule has 0 spiro atoms. The number of sulfonamides is 1. The van der Waals surface area contributed by atoms with Crippen molar-refractivity contribution in [3.63, 3.8) is 0 Å². The quantitative estimate of drug-likeness (QED) is 0.367. The molecule has 4 rings (SSSR count). The summed E-state index contributed by atoms with van der Waals surface area (Å²) in [6.45, 7) is 6.27. The lowest BCUT2D eigenvalue weighted by Crippen LogP contribution is -2.32. The number of aryl methyl sites for hydroxylation is 3. The van der Waals surface area contributed by atoms with Crippen LogP contribution in [-0.4, -0.2) is 36.2 Å². The van der Waals surface area contributed by atoms with Crippen LogP contribution in [0.1, 0.15) is 32.7 Å². The molecule has 0 saturated heterocycles. The number of aromatic nitrogens is 3. The van der Waals surface area contributed by atoms with Crippen molar-refractivity contribution in [3.8, 4) is 17.1 Å². The zero-order valence-electron chi connectivity index (χ0n) is 20.4. The maximum Gasteiger partial charge on any atom is 0.283 e. The molecule has 36 heavy (non-hydrogen) atoms. The Morgan fingerprint density at radius 3 is 2.44 bits per heavy atom.